The van der Waals surface area contributed by atoms with Crippen LogP contribution in [0, 0.1) is 6.08 Å². The minimum absolute atomic E-state index is 0. The molecule has 0 nitrogen and oxygen atoms in total. The quantitative estimate of drug-likeness (QED) is 0.146. The van der Waals surface area contributed by atoms with Gasteiger partial charge in [-0.15, -0.1) is 63.0 Å². The summed E-state index contributed by atoms with van der Waals surface area (Å²) in [5.74, 6) is 0.101. The number of benzene rings is 8. The van der Waals surface area contributed by atoms with Crippen LogP contribution < -0.4 is 24.8 Å². The molecule has 0 spiro atoms. The second kappa shape index (κ2) is 22.3. The Balaban J connectivity index is 0.000000172. The normalized spacial score (nSPS) is 13.3. The number of hydrogen-bond acceptors (Lipinski definition) is 0. The molecule has 9 aromatic rings. The number of hydrogen-bond donors (Lipinski definition) is 0. The number of fused-ring (bicyclic) bond motifs is 3. The van der Waals surface area contributed by atoms with Crippen molar-refractivity contribution in [3.05, 3.63) is 275 Å². The first kappa shape index (κ1) is 49.9. The third kappa shape index (κ3) is 11.7. The zero-order valence-corrected chi connectivity index (χ0v) is 42.7. The van der Waals surface area contributed by atoms with Gasteiger partial charge in [-0.1, -0.05) is 197 Å². The van der Waals surface area contributed by atoms with Crippen molar-refractivity contribution < 1.29 is 49.0 Å². The van der Waals surface area contributed by atoms with Crippen LogP contribution in [0.2, 0.25) is 0 Å². The van der Waals surface area contributed by atoms with Gasteiger partial charge in [0.1, 0.15) is 0 Å². The van der Waals surface area contributed by atoms with Crippen molar-refractivity contribution in [3.8, 4) is 0 Å². The van der Waals surface area contributed by atoms with Crippen molar-refractivity contribution in [1.29, 1.82) is 0 Å². The average molecular weight is 975 g/mol. The Bertz CT molecular complexity index is 2920. The Morgan fingerprint density at radius 1 is 0.439 bits per heavy atom. The van der Waals surface area contributed by atoms with Gasteiger partial charge in [-0.25, -0.2) is 0 Å². The molecule has 0 fully saturated rings. The van der Waals surface area contributed by atoms with Crippen molar-refractivity contribution in [3.63, 3.8) is 0 Å². The second-order valence-electron chi connectivity index (χ2n) is 18.6. The first-order chi connectivity index (χ1) is 31.0. The zero-order chi connectivity index (χ0) is 44.7. The molecule has 1 aliphatic carbocycles. The summed E-state index contributed by atoms with van der Waals surface area (Å²) in [5.41, 5.74) is 14.6. The van der Waals surface area contributed by atoms with E-state index in [1.54, 1.807) is 0 Å². The van der Waals surface area contributed by atoms with Crippen LogP contribution in [0.5, 0.6) is 0 Å². The van der Waals surface area contributed by atoms with E-state index in [-0.39, 0.29) is 41.6 Å². The fourth-order valence-electron chi connectivity index (χ4n) is 8.46. The average Bonchev–Trinajstić information content (AvgIpc) is 3.92. The van der Waals surface area contributed by atoms with Crippen LogP contribution in [-0.4, -0.2) is 3.21 Å². The third-order valence-corrected chi connectivity index (χ3v) is 13.4. The van der Waals surface area contributed by atoms with Crippen LogP contribution in [0.4, 0.5) is 0 Å². The standard InChI is InChI=1S/C29H21.C21H25.C13H10.2ClH.Zr/c1-5-13-22(14-6-1)26-21-27(23-15-7-2-8-16-23)29(25-19-11-4-12-20-25)28(26)24-17-9-3-10-18-24;1-20(2,3)16-7-9-18-14(12-16)11-15-13-17(21(4,5)6)8-10-19(15)18;1-3-7-12(8-4-1)11-13-9-5-2-6-10-13;;;/h1-20,26H;7-13H,1-6H3;1-10H;2*1H;/q2*-1;;;;+2/p-2. The molecule has 10 rings (SSSR count). The molecule has 0 saturated carbocycles. The van der Waals surface area contributed by atoms with E-state index in [1.807, 2.05) is 0 Å². The van der Waals surface area contributed by atoms with Gasteiger partial charge in [0.2, 0.25) is 0 Å². The molecule has 1 aliphatic rings. The van der Waals surface area contributed by atoms with Crippen LogP contribution >= 0.6 is 0 Å². The van der Waals surface area contributed by atoms with E-state index in [0.717, 1.165) is 0 Å². The summed E-state index contributed by atoms with van der Waals surface area (Å²) < 4.78 is 1.42. The van der Waals surface area contributed by atoms with Gasteiger partial charge in [0.05, 0.1) is 0 Å². The van der Waals surface area contributed by atoms with Gasteiger partial charge in [0, 0.05) is 0 Å². The van der Waals surface area contributed by atoms with Crippen molar-refractivity contribution in [1.82, 2.24) is 0 Å². The SMILES string of the molecule is CC(C)(C)c1ccc2c(c1)[cH-]c1cc(C(C)(C)C)ccc12.[C-]1=C(c2ccccc2)C(c2ccccc2)=C(c2ccccc2)C1c1ccccc1.[Cl-].[Cl-].[Zr+2]=[C](c1ccccc1)c1ccccc1. The summed E-state index contributed by atoms with van der Waals surface area (Å²) in [4.78, 5) is 0. The second-order valence-corrected chi connectivity index (χ2v) is 19.8. The summed E-state index contributed by atoms with van der Waals surface area (Å²) in [6.07, 6.45) is 3.86. The molecule has 3 heteroatoms. The summed E-state index contributed by atoms with van der Waals surface area (Å²) in [6.45, 7) is 13.6. The van der Waals surface area contributed by atoms with Crippen molar-refractivity contribution in [2.24, 2.45) is 0 Å². The van der Waals surface area contributed by atoms with Crippen molar-refractivity contribution in [2.75, 3.05) is 0 Å². The van der Waals surface area contributed by atoms with Gasteiger partial charge < -0.3 is 24.8 Å². The Kier molecular flexibility index (Phi) is 16.8. The van der Waals surface area contributed by atoms with Crippen LogP contribution in [0.15, 0.2) is 224 Å². The Morgan fingerprint density at radius 2 is 0.803 bits per heavy atom. The molecular weight excluding hydrogens is 919 g/mol. The molecule has 328 valence electrons. The van der Waals surface area contributed by atoms with Crippen molar-refractivity contribution >= 4 is 41.5 Å². The van der Waals surface area contributed by atoms with E-state index in [2.05, 4.69) is 272 Å². The predicted molar refractivity (Wildman–Crippen MR) is 273 cm³/mol. The van der Waals surface area contributed by atoms with Crippen LogP contribution in [-0.2, 0) is 35.1 Å². The summed E-state index contributed by atoms with van der Waals surface area (Å²) in [7, 11) is 0. The maximum atomic E-state index is 3.86. The van der Waals surface area contributed by atoms with Crippen LogP contribution in [0.1, 0.15) is 92.0 Å². The Labute approximate surface area is 420 Å². The first-order valence-electron chi connectivity index (χ1n) is 22.4. The molecule has 0 saturated heterocycles. The molecule has 0 aliphatic heterocycles. The summed E-state index contributed by atoms with van der Waals surface area (Å²) >= 11 is 1.46. The van der Waals surface area contributed by atoms with E-state index >= 15 is 0 Å². The van der Waals surface area contributed by atoms with Crippen molar-refractivity contribution in [2.45, 2.75) is 58.3 Å². The van der Waals surface area contributed by atoms with Gasteiger partial charge >= 0.3 is 99.2 Å². The first-order valence-corrected chi connectivity index (χ1v) is 23.6. The van der Waals surface area contributed by atoms with Crippen LogP contribution in [0.25, 0.3) is 38.3 Å². The molecule has 1 atom stereocenters. The molecular formula is C63H56Cl2Zr-2. The Morgan fingerprint density at radius 3 is 1.21 bits per heavy atom. The van der Waals surface area contributed by atoms with Crippen LogP contribution in [0.3, 0.4) is 0 Å². The monoisotopic (exact) mass is 972 g/mol. The van der Waals surface area contributed by atoms with E-state index in [1.165, 1.54) is 110 Å². The minimum atomic E-state index is 0. The molecule has 1 unspecified atom stereocenters. The summed E-state index contributed by atoms with van der Waals surface area (Å²) in [6, 6.07) is 80.1. The Hall–Kier alpha value is -5.56. The van der Waals surface area contributed by atoms with E-state index in [0.29, 0.717) is 0 Å². The number of halogens is 2. The fraction of sp³-hybridized carbons (Fsp3) is 0.143. The third-order valence-electron chi connectivity index (χ3n) is 12.0. The molecule has 0 radical (unpaired) electrons. The molecule has 0 N–H and O–H groups in total. The topological polar surface area (TPSA) is 0 Å². The molecule has 9 aromatic carbocycles. The molecule has 0 aromatic heterocycles. The molecule has 66 heavy (non-hydrogen) atoms. The van der Waals surface area contributed by atoms with Gasteiger partial charge in [0.15, 0.2) is 0 Å². The maximum absolute atomic E-state index is 3.86. The van der Waals surface area contributed by atoms with Gasteiger partial charge in [0.25, 0.3) is 0 Å². The number of rotatable bonds is 6. The fourth-order valence-corrected chi connectivity index (χ4v) is 9.28. The predicted octanol–water partition coefficient (Wildman–Crippen LogP) is 10.4. The summed E-state index contributed by atoms with van der Waals surface area (Å²) in [5, 5.41) is 5.48. The molecule has 0 heterocycles. The van der Waals surface area contributed by atoms with Gasteiger partial charge in [-0.05, 0) is 27.9 Å². The number of allylic oxidation sites excluding steroid dienone is 4. The van der Waals surface area contributed by atoms with Gasteiger partial charge in [-0.2, -0.15) is 11.6 Å². The van der Waals surface area contributed by atoms with E-state index < -0.39 is 0 Å². The van der Waals surface area contributed by atoms with E-state index in [9.17, 15) is 0 Å². The van der Waals surface area contributed by atoms with Gasteiger partial charge in [-0.3, -0.25) is 0 Å². The molecule has 0 amide bonds. The zero-order valence-electron chi connectivity index (χ0n) is 38.7. The molecule has 0 bridgehead atoms. The van der Waals surface area contributed by atoms with E-state index in [4.69, 9.17) is 0 Å².